The molecule has 0 aromatic rings. The van der Waals surface area contributed by atoms with Gasteiger partial charge >= 0.3 is 59.1 Å². The first-order chi connectivity index (χ1) is 3.41. The molecule has 0 aliphatic heterocycles. The molecule has 7 nitrogen and oxygen atoms in total. The van der Waals surface area contributed by atoms with Crippen LogP contribution < -0.4 is 59.1 Å². The Morgan fingerprint density at radius 2 is 1.60 bits per heavy atom. The molecular formula is H3N3Na2O4S. The summed E-state index contributed by atoms with van der Waals surface area (Å²) in [5, 5.41) is 0. The molecule has 0 saturated carbocycles. The molecule has 0 unspecified atom stereocenters. The van der Waals surface area contributed by atoms with E-state index in [-0.39, 0.29) is 60.5 Å². The van der Waals surface area contributed by atoms with E-state index in [1.807, 2.05) is 0 Å². The summed E-state index contributed by atoms with van der Waals surface area (Å²) >= 11 is 0. The van der Waals surface area contributed by atoms with Crippen molar-refractivity contribution in [2.45, 2.75) is 0 Å². The molecular weight excluding hydrogens is 184 g/mol. The van der Waals surface area contributed by atoms with Gasteiger partial charge in [0.25, 0.3) is 0 Å². The van der Waals surface area contributed by atoms with Crippen LogP contribution in [0.5, 0.6) is 0 Å². The molecule has 0 fully saturated rings. The Bertz CT molecular complexity index is 164. The van der Waals surface area contributed by atoms with E-state index in [0.717, 1.165) is 0 Å². The van der Waals surface area contributed by atoms with E-state index in [0.29, 0.717) is 0 Å². The molecule has 0 rings (SSSR count). The molecule has 10 heteroatoms. The molecule has 2 N–H and O–H groups in total. The van der Waals surface area contributed by atoms with Crippen LogP contribution in [0.4, 0.5) is 0 Å². The van der Waals surface area contributed by atoms with Crippen LogP contribution in [0.3, 0.4) is 0 Å². The van der Waals surface area contributed by atoms with E-state index in [2.05, 4.69) is 0 Å². The van der Waals surface area contributed by atoms with Gasteiger partial charge < -0.3 is 5.98 Å². The van der Waals surface area contributed by atoms with Crippen molar-refractivity contribution in [3.63, 3.8) is 0 Å². The van der Waals surface area contributed by atoms with E-state index in [4.69, 9.17) is 28.6 Å². The predicted octanol–water partition coefficient (Wildman–Crippen LogP) is -6.00. The summed E-state index contributed by atoms with van der Waals surface area (Å²) in [6, 6.07) is 0. The molecule has 0 aromatic carbocycles. The molecule has 50 valence electrons. The molecule has 0 aliphatic rings. The standard InChI is InChI=1S/HN3.2Na.H2O4S.H/c1-3-2;;;1-5(2,3)4;/h1H;;;(H2,1,2,3,4);/q;2*+1;;-1/p-1. The molecule has 0 bridgehead atoms. The van der Waals surface area contributed by atoms with Gasteiger partial charge in [-0.15, -0.1) is 5.53 Å². The van der Waals surface area contributed by atoms with Gasteiger partial charge in [0.1, 0.15) is 0 Å². The van der Waals surface area contributed by atoms with E-state index < -0.39 is 10.4 Å². The van der Waals surface area contributed by atoms with Crippen molar-refractivity contribution in [2.75, 3.05) is 0 Å². The second kappa shape index (κ2) is 12.8. The minimum absolute atomic E-state index is 0. The fourth-order valence-corrected chi connectivity index (χ4v) is 0. The van der Waals surface area contributed by atoms with Gasteiger partial charge in [0.15, 0.2) is 0 Å². The summed E-state index contributed by atoms with van der Waals surface area (Å²) in [4.78, 5) is 1.75. The Kier molecular flexibility index (Phi) is 28.8. The zero-order valence-corrected chi connectivity index (χ0v) is 10.3. The Balaban J connectivity index is -0.0000000183. The SMILES string of the molecule is O=S(=O)([O-])O.[H-].[N-]=[N+]=N.[Na+].[Na+]. The first kappa shape index (κ1) is 22.5. The third kappa shape index (κ3) is 441. The van der Waals surface area contributed by atoms with Crippen molar-refractivity contribution in [1.29, 1.82) is 5.53 Å². The summed E-state index contributed by atoms with van der Waals surface area (Å²) in [5.74, 6) is 0. The Morgan fingerprint density at radius 3 is 1.60 bits per heavy atom. The van der Waals surface area contributed by atoms with Crippen LogP contribution in [0, 0.1) is 5.53 Å². The molecule has 0 radical (unpaired) electrons. The zero-order valence-electron chi connectivity index (χ0n) is 6.47. The molecule has 0 spiro atoms. The topological polar surface area (TPSA) is 138 Å². The van der Waals surface area contributed by atoms with Crippen molar-refractivity contribution in [2.24, 2.45) is 0 Å². The van der Waals surface area contributed by atoms with Crippen LogP contribution in [-0.2, 0) is 10.4 Å². The summed E-state index contributed by atoms with van der Waals surface area (Å²) < 4.78 is 32.8. The monoisotopic (exact) mass is 187 g/mol. The number of hydrogen-bond donors (Lipinski definition) is 2. The van der Waals surface area contributed by atoms with Gasteiger partial charge in [-0.1, -0.05) is 0 Å². The van der Waals surface area contributed by atoms with Crippen molar-refractivity contribution < 1.29 is 78.1 Å². The first-order valence-corrected chi connectivity index (χ1v) is 2.47. The Labute approximate surface area is 103 Å². The van der Waals surface area contributed by atoms with Crippen LogP contribution in [0.1, 0.15) is 1.43 Å². The van der Waals surface area contributed by atoms with Crippen molar-refractivity contribution in [1.82, 2.24) is 0 Å². The summed E-state index contributed by atoms with van der Waals surface area (Å²) in [5.41, 5.74) is 12.2. The third-order valence-electron chi connectivity index (χ3n) is 0. The Morgan fingerprint density at radius 1 is 1.60 bits per heavy atom. The third-order valence-corrected chi connectivity index (χ3v) is 0. The summed E-state index contributed by atoms with van der Waals surface area (Å²) in [6.07, 6.45) is 0. The molecule has 0 atom stereocenters. The zero-order chi connectivity index (χ0) is 7.21. The fourth-order valence-electron chi connectivity index (χ4n) is 0. The van der Waals surface area contributed by atoms with Gasteiger partial charge in [-0.05, 0) is 10.4 Å². The number of rotatable bonds is 0. The predicted molar refractivity (Wildman–Crippen MR) is 22.9 cm³/mol. The van der Waals surface area contributed by atoms with Crippen LogP contribution in [-0.4, -0.2) is 17.5 Å². The van der Waals surface area contributed by atoms with E-state index >= 15 is 0 Å². The fraction of sp³-hybridized carbons (Fsp3) is 0. The molecule has 0 saturated heterocycles. The maximum Gasteiger partial charge on any atom is 1.00 e. The largest absolute Gasteiger partial charge is 1.00 e. The van der Waals surface area contributed by atoms with Crippen molar-refractivity contribution >= 4 is 10.4 Å². The van der Waals surface area contributed by atoms with Gasteiger partial charge in [0.05, 0.1) is 0 Å². The second-order valence-corrected chi connectivity index (χ2v) is 1.38. The second-order valence-electron chi connectivity index (χ2n) is 0.528. The minimum atomic E-state index is -4.92. The maximum atomic E-state index is 8.63. The van der Waals surface area contributed by atoms with E-state index in [9.17, 15) is 0 Å². The summed E-state index contributed by atoms with van der Waals surface area (Å²) in [7, 11) is -4.92. The number of nitrogens with one attached hydrogen (secondary N) is 1. The van der Waals surface area contributed by atoms with Gasteiger partial charge in [-0.2, -0.15) is 0 Å². The molecule has 0 amide bonds. The molecule has 0 heterocycles. The molecule has 10 heavy (non-hydrogen) atoms. The molecule has 0 aliphatic carbocycles. The van der Waals surface area contributed by atoms with Crippen LogP contribution in [0.25, 0.3) is 10.4 Å². The average molecular weight is 187 g/mol. The van der Waals surface area contributed by atoms with Crippen LogP contribution in [0.15, 0.2) is 0 Å². The van der Waals surface area contributed by atoms with E-state index in [1.54, 1.807) is 4.91 Å². The maximum absolute atomic E-state index is 8.63. The normalized spacial score (nSPS) is 6.60. The van der Waals surface area contributed by atoms with Gasteiger partial charge in [0, 0.05) is 0 Å². The van der Waals surface area contributed by atoms with Crippen LogP contribution >= 0.6 is 0 Å². The minimum Gasteiger partial charge on any atom is -1.00 e. The average Bonchev–Trinajstić information content (AvgIpc) is 1.27. The summed E-state index contributed by atoms with van der Waals surface area (Å²) in [6.45, 7) is 0. The van der Waals surface area contributed by atoms with Crippen molar-refractivity contribution in [3.8, 4) is 0 Å². The van der Waals surface area contributed by atoms with E-state index in [1.165, 1.54) is 0 Å². The number of nitrogens with zero attached hydrogens (tertiary/aromatic N) is 2. The van der Waals surface area contributed by atoms with Gasteiger partial charge in [-0.3, -0.25) is 4.55 Å². The number of hydrogen-bond acceptors (Lipinski definition) is 4. The quantitative estimate of drug-likeness (QED) is 0.0972. The smallest absolute Gasteiger partial charge is 1.00 e. The molecule has 0 aromatic heterocycles. The van der Waals surface area contributed by atoms with Crippen LogP contribution in [0.2, 0.25) is 0 Å². The first-order valence-electron chi connectivity index (χ1n) is 1.11. The Hall–Kier alpha value is 1.18. The van der Waals surface area contributed by atoms with Crippen molar-refractivity contribution in [3.05, 3.63) is 10.4 Å². The van der Waals surface area contributed by atoms with Gasteiger partial charge in [-0.25, -0.2) is 8.42 Å². The van der Waals surface area contributed by atoms with Gasteiger partial charge in [0.2, 0.25) is 10.4 Å².